The van der Waals surface area contributed by atoms with Crippen LogP contribution in [0.2, 0.25) is 0 Å². The molecule has 2 aliphatic carbocycles. The van der Waals surface area contributed by atoms with Gasteiger partial charge in [-0.25, -0.2) is 20.2 Å². The predicted octanol–water partition coefficient (Wildman–Crippen LogP) is 11.7. The SMILES string of the molecule is [C-]#[N+]C(C#N)=C1c2cc(-c3sc(Br)cc3C)ccc2-c2cc3c(cc21)-c1ccc(-c2sc(Br)cc2C)cc1C3=C(C#N)[N+]#[C-]. The summed E-state index contributed by atoms with van der Waals surface area (Å²) in [6, 6.07) is 24.9. The lowest BCUT2D eigenvalue weighted by Crippen LogP contribution is -1.89. The number of halogens is 2. The number of nitrogens with zero attached hydrogens (tertiary/aromatic N) is 4. The molecule has 4 nitrogen and oxygen atoms in total. The molecule has 0 unspecified atom stereocenters. The van der Waals surface area contributed by atoms with E-state index in [9.17, 15) is 10.5 Å². The van der Waals surface area contributed by atoms with Gasteiger partial charge in [0.05, 0.1) is 32.9 Å². The molecule has 0 spiro atoms. The molecular formula is C36H16Br2N4S2. The summed E-state index contributed by atoms with van der Waals surface area (Å²) in [5, 5.41) is 20.1. The average Bonchev–Trinajstić information content (AvgIpc) is 3.73. The van der Waals surface area contributed by atoms with Gasteiger partial charge >= 0.3 is 0 Å². The van der Waals surface area contributed by atoms with Gasteiger partial charge in [-0.2, -0.15) is 0 Å². The number of aryl methyl sites for hydroxylation is 2. The average molecular weight is 728 g/mol. The Morgan fingerprint density at radius 1 is 0.591 bits per heavy atom. The summed E-state index contributed by atoms with van der Waals surface area (Å²) in [5.74, 6) is 0. The lowest BCUT2D eigenvalue weighted by Gasteiger charge is -2.09. The molecule has 0 bridgehead atoms. The van der Waals surface area contributed by atoms with Crippen molar-refractivity contribution in [2.24, 2.45) is 0 Å². The van der Waals surface area contributed by atoms with E-state index in [1.807, 2.05) is 12.1 Å². The maximum absolute atomic E-state index is 10.1. The molecule has 206 valence electrons. The van der Waals surface area contributed by atoms with Crippen LogP contribution in [-0.2, 0) is 0 Å². The molecule has 0 amide bonds. The normalized spacial score (nSPS) is 14.4. The number of fused-ring (bicyclic) bond motifs is 6. The van der Waals surface area contributed by atoms with Crippen molar-refractivity contribution >= 4 is 65.7 Å². The molecule has 8 heteroatoms. The van der Waals surface area contributed by atoms with E-state index in [-0.39, 0.29) is 11.4 Å². The van der Waals surface area contributed by atoms with Crippen LogP contribution in [0.1, 0.15) is 33.4 Å². The number of thiophene rings is 2. The van der Waals surface area contributed by atoms with Crippen molar-refractivity contribution in [1.29, 1.82) is 10.5 Å². The van der Waals surface area contributed by atoms with E-state index in [4.69, 9.17) is 13.1 Å². The Labute approximate surface area is 279 Å². The largest absolute Gasteiger partial charge is 0.270 e. The standard InChI is InChI=1S/C36H16Br2N4S2/c1-17-9-31(37)43-35(17)19-5-7-21-23-13-28-24(14-27(23)33(25(21)11-19)29(15-39)41-3)22-8-6-20(36-18(2)10-32(38)44-36)12-26(22)34(28)30(16-40)42-4/h5-14H,1-2H3. The topological polar surface area (TPSA) is 56.3 Å². The number of nitriles is 2. The van der Waals surface area contributed by atoms with Gasteiger partial charge in [-0.3, -0.25) is 0 Å². The van der Waals surface area contributed by atoms with Crippen LogP contribution in [-0.4, -0.2) is 0 Å². The van der Waals surface area contributed by atoms with Crippen LogP contribution in [0.4, 0.5) is 0 Å². The van der Waals surface area contributed by atoms with Crippen molar-refractivity contribution in [2.75, 3.05) is 0 Å². The van der Waals surface area contributed by atoms with E-state index in [0.717, 1.165) is 84.1 Å². The van der Waals surface area contributed by atoms with Gasteiger partial charge in [0, 0.05) is 20.9 Å². The first-order valence-electron chi connectivity index (χ1n) is 13.3. The maximum atomic E-state index is 10.1. The molecule has 2 aromatic heterocycles. The molecular weight excluding hydrogens is 712 g/mol. The Morgan fingerprint density at radius 2 is 0.977 bits per heavy atom. The third-order valence-corrected chi connectivity index (χ3v) is 11.6. The molecule has 5 aromatic rings. The van der Waals surface area contributed by atoms with Crippen LogP contribution in [0.3, 0.4) is 0 Å². The van der Waals surface area contributed by atoms with Gasteiger partial charge in [0.1, 0.15) is 0 Å². The molecule has 0 saturated heterocycles. The number of rotatable bonds is 2. The summed E-state index contributed by atoms with van der Waals surface area (Å²) in [6.45, 7) is 19.9. The van der Waals surface area contributed by atoms with E-state index in [1.54, 1.807) is 22.7 Å². The van der Waals surface area contributed by atoms with E-state index in [2.05, 4.69) is 116 Å². The second kappa shape index (κ2) is 10.6. The minimum absolute atomic E-state index is 0.0353. The molecule has 0 atom stereocenters. The van der Waals surface area contributed by atoms with Gasteiger partial charge in [-0.05, 0) is 149 Å². The van der Waals surface area contributed by atoms with Crippen LogP contribution in [0.15, 0.2) is 79.6 Å². The van der Waals surface area contributed by atoms with Crippen molar-refractivity contribution in [2.45, 2.75) is 13.8 Å². The van der Waals surface area contributed by atoms with Gasteiger partial charge in [0.2, 0.25) is 0 Å². The van der Waals surface area contributed by atoms with Crippen LogP contribution in [0.25, 0.3) is 64.0 Å². The predicted molar refractivity (Wildman–Crippen MR) is 185 cm³/mol. The van der Waals surface area contributed by atoms with Crippen LogP contribution in [0.5, 0.6) is 0 Å². The molecule has 0 radical (unpaired) electrons. The van der Waals surface area contributed by atoms with E-state index in [1.165, 1.54) is 0 Å². The Balaban J connectivity index is 1.50. The number of hydrogen-bond acceptors (Lipinski definition) is 4. The van der Waals surface area contributed by atoms with Gasteiger partial charge in [0.25, 0.3) is 11.4 Å². The molecule has 3 aromatic carbocycles. The zero-order valence-electron chi connectivity index (χ0n) is 23.1. The highest BCUT2D eigenvalue weighted by Gasteiger charge is 2.34. The number of hydrogen-bond donors (Lipinski definition) is 0. The zero-order valence-corrected chi connectivity index (χ0v) is 27.9. The number of allylic oxidation sites excluding steroid dienone is 2. The molecule has 0 fully saturated rings. The first-order chi connectivity index (χ1) is 21.3. The zero-order chi connectivity index (χ0) is 30.9. The van der Waals surface area contributed by atoms with Gasteiger partial charge in [-0.15, -0.1) is 22.7 Å². The third-order valence-electron chi connectivity index (χ3n) is 8.06. The Bertz CT molecular complexity index is 2180. The fraction of sp³-hybridized carbons (Fsp3) is 0.0556. The molecule has 0 saturated carbocycles. The summed E-state index contributed by atoms with van der Waals surface area (Å²) >= 11 is 10.5. The lowest BCUT2D eigenvalue weighted by molar-refractivity contribution is 1.49. The van der Waals surface area contributed by atoms with Crippen molar-refractivity contribution in [3.63, 3.8) is 0 Å². The first kappa shape index (κ1) is 28.2. The molecule has 2 heterocycles. The fourth-order valence-corrected chi connectivity index (χ4v) is 9.70. The maximum Gasteiger partial charge on any atom is 0.270 e. The molecule has 0 aliphatic heterocycles. The fourth-order valence-electron chi connectivity index (χ4n) is 6.25. The monoisotopic (exact) mass is 726 g/mol. The summed E-state index contributed by atoms with van der Waals surface area (Å²) in [7, 11) is 0. The van der Waals surface area contributed by atoms with Gasteiger partial charge < -0.3 is 0 Å². The Morgan fingerprint density at radius 3 is 1.30 bits per heavy atom. The molecule has 2 aliphatic rings. The third kappa shape index (κ3) is 4.16. The summed E-state index contributed by atoms with van der Waals surface area (Å²) in [4.78, 5) is 9.53. The van der Waals surface area contributed by atoms with Crippen LogP contribution < -0.4 is 0 Å². The second-order valence-electron chi connectivity index (χ2n) is 10.5. The minimum atomic E-state index is 0.0353. The highest BCUT2D eigenvalue weighted by Crippen LogP contribution is 2.55. The Kier molecular flexibility index (Phi) is 6.78. The van der Waals surface area contributed by atoms with Crippen molar-refractivity contribution in [1.82, 2.24) is 0 Å². The van der Waals surface area contributed by atoms with E-state index >= 15 is 0 Å². The highest BCUT2D eigenvalue weighted by molar-refractivity contribution is 9.11. The van der Waals surface area contributed by atoms with Gasteiger partial charge in [-0.1, -0.05) is 24.3 Å². The first-order valence-corrected chi connectivity index (χ1v) is 16.5. The van der Waals surface area contributed by atoms with E-state index in [0.29, 0.717) is 11.1 Å². The van der Waals surface area contributed by atoms with Crippen molar-refractivity contribution < 1.29 is 0 Å². The summed E-state index contributed by atoms with van der Waals surface area (Å²) < 4.78 is 2.08. The lowest BCUT2D eigenvalue weighted by atomic mass is 9.95. The highest BCUT2D eigenvalue weighted by atomic mass is 79.9. The Hall–Kier alpha value is -4.54. The number of benzene rings is 3. The van der Waals surface area contributed by atoms with Crippen molar-refractivity contribution in [3.05, 3.63) is 136 Å². The van der Waals surface area contributed by atoms with E-state index < -0.39 is 0 Å². The van der Waals surface area contributed by atoms with Crippen molar-refractivity contribution in [3.8, 4) is 55.3 Å². The smallest absolute Gasteiger partial charge is 0.226 e. The molecule has 0 N–H and O–H groups in total. The summed E-state index contributed by atoms with van der Waals surface area (Å²) in [5.41, 5.74) is 12.5. The van der Waals surface area contributed by atoms with Gasteiger partial charge in [0.15, 0.2) is 0 Å². The van der Waals surface area contributed by atoms with Crippen LogP contribution in [0, 0.1) is 49.7 Å². The molecule has 44 heavy (non-hydrogen) atoms. The summed E-state index contributed by atoms with van der Waals surface area (Å²) in [6.07, 6.45) is 0. The molecule has 7 rings (SSSR count). The van der Waals surface area contributed by atoms with Crippen LogP contribution >= 0.6 is 54.5 Å². The minimum Gasteiger partial charge on any atom is -0.226 e. The quantitative estimate of drug-likeness (QED) is 0.131. The second-order valence-corrected chi connectivity index (χ2v) is 15.3.